The fourth-order valence-electron chi connectivity index (χ4n) is 1.31. The van der Waals surface area contributed by atoms with Crippen LogP contribution >= 0.6 is 0 Å². The first-order valence-corrected chi connectivity index (χ1v) is 5.81. The zero-order chi connectivity index (χ0) is 14.1. The fraction of sp³-hybridized carbons (Fsp3) is 0.500. The Labute approximate surface area is 109 Å². The third-order valence-electron chi connectivity index (χ3n) is 2.27. The molecule has 0 aromatic carbocycles. The fourth-order valence-corrected chi connectivity index (χ4v) is 1.31. The molecule has 1 amide bonds. The number of halogens is 2. The number of amides is 1. The zero-order valence-electron chi connectivity index (χ0n) is 10.6. The van der Waals surface area contributed by atoms with Gasteiger partial charge in [0.1, 0.15) is 0 Å². The van der Waals surface area contributed by atoms with Crippen LogP contribution in [-0.4, -0.2) is 44.4 Å². The number of ether oxygens (including phenoxy) is 2. The molecule has 1 N–H and O–H groups in total. The SMILES string of the molecule is COCCOCCCNC(=O)c1ccnc(F)c1F. The Bertz CT molecular complexity index is 416. The molecule has 1 aromatic rings. The molecule has 5 nitrogen and oxygen atoms in total. The molecule has 0 atom stereocenters. The van der Waals surface area contributed by atoms with Crippen LogP contribution < -0.4 is 5.32 Å². The molecule has 0 aliphatic heterocycles. The average molecular weight is 274 g/mol. The molecular formula is C12H16F2N2O3. The molecule has 7 heteroatoms. The summed E-state index contributed by atoms with van der Waals surface area (Å²) < 4.78 is 36.0. The summed E-state index contributed by atoms with van der Waals surface area (Å²) in [5.74, 6) is -3.19. The van der Waals surface area contributed by atoms with Crippen LogP contribution in [0.4, 0.5) is 8.78 Å². The van der Waals surface area contributed by atoms with Crippen molar-refractivity contribution in [3.05, 3.63) is 29.6 Å². The number of nitrogens with one attached hydrogen (secondary N) is 1. The van der Waals surface area contributed by atoms with E-state index in [0.29, 0.717) is 32.8 Å². The summed E-state index contributed by atoms with van der Waals surface area (Å²) in [6.07, 6.45) is 1.62. The van der Waals surface area contributed by atoms with Crippen LogP contribution in [0, 0.1) is 11.8 Å². The van der Waals surface area contributed by atoms with E-state index in [9.17, 15) is 13.6 Å². The van der Waals surface area contributed by atoms with Gasteiger partial charge in [-0.1, -0.05) is 0 Å². The van der Waals surface area contributed by atoms with Crippen LogP contribution in [0.5, 0.6) is 0 Å². The monoisotopic (exact) mass is 274 g/mol. The Kier molecular flexibility index (Phi) is 6.91. The van der Waals surface area contributed by atoms with Gasteiger partial charge in [0.15, 0.2) is 5.82 Å². The van der Waals surface area contributed by atoms with E-state index in [0.717, 1.165) is 12.3 Å². The summed E-state index contributed by atoms with van der Waals surface area (Å²) in [5, 5.41) is 2.47. The van der Waals surface area contributed by atoms with Gasteiger partial charge >= 0.3 is 0 Å². The van der Waals surface area contributed by atoms with Crippen molar-refractivity contribution >= 4 is 5.91 Å². The summed E-state index contributed by atoms with van der Waals surface area (Å²) >= 11 is 0. The smallest absolute Gasteiger partial charge is 0.254 e. The second-order valence-electron chi connectivity index (χ2n) is 3.68. The highest BCUT2D eigenvalue weighted by Gasteiger charge is 2.15. The molecule has 0 aliphatic carbocycles. The first-order chi connectivity index (χ1) is 9.16. The predicted octanol–water partition coefficient (Wildman–Crippen LogP) is 1.14. The first kappa shape index (κ1) is 15.5. The van der Waals surface area contributed by atoms with E-state index in [-0.39, 0.29) is 5.56 Å². The molecule has 0 bridgehead atoms. The van der Waals surface area contributed by atoms with E-state index in [2.05, 4.69) is 10.3 Å². The molecule has 106 valence electrons. The normalized spacial score (nSPS) is 10.5. The molecule has 0 saturated heterocycles. The quantitative estimate of drug-likeness (QED) is 0.570. The van der Waals surface area contributed by atoms with Crippen molar-refractivity contribution < 1.29 is 23.0 Å². The third-order valence-corrected chi connectivity index (χ3v) is 2.27. The van der Waals surface area contributed by atoms with Crippen molar-refractivity contribution in [3.8, 4) is 0 Å². The molecule has 0 fully saturated rings. The van der Waals surface area contributed by atoms with Gasteiger partial charge < -0.3 is 14.8 Å². The van der Waals surface area contributed by atoms with Crippen LogP contribution in [0.3, 0.4) is 0 Å². The van der Waals surface area contributed by atoms with Crippen molar-refractivity contribution in [2.24, 2.45) is 0 Å². The summed E-state index contributed by atoms with van der Waals surface area (Å²) in [5.41, 5.74) is -0.354. The van der Waals surface area contributed by atoms with Gasteiger partial charge in [0.05, 0.1) is 18.8 Å². The van der Waals surface area contributed by atoms with Crippen LogP contribution in [0.2, 0.25) is 0 Å². The summed E-state index contributed by atoms with van der Waals surface area (Å²) in [6, 6.07) is 1.13. The number of nitrogens with zero attached hydrogens (tertiary/aromatic N) is 1. The lowest BCUT2D eigenvalue weighted by molar-refractivity contribution is 0.0688. The van der Waals surface area contributed by atoms with E-state index < -0.39 is 17.7 Å². The van der Waals surface area contributed by atoms with Gasteiger partial charge in [-0.05, 0) is 12.5 Å². The molecular weight excluding hydrogens is 258 g/mol. The van der Waals surface area contributed by atoms with E-state index >= 15 is 0 Å². The summed E-state index contributed by atoms with van der Waals surface area (Å²) in [6.45, 7) is 1.76. The number of carbonyl (C=O) groups excluding carboxylic acids is 1. The number of aromatic nitrogens is 1. The van der Waals surface area contributed by atoms with Crippen molar-refractivity contribution in [1.82, 2.24) is 10.3 Å². The largest absolute Gasteiger partial charge is 0.382 e. The molecule has 0 radical (unpaired) electrons. The lowest BCUT2D eigenvalue weighted by Gasteiger charge is -2.06. The second-order valence-corrected chi connectivity index (χ2v) is 3.68. The Morgan fingerprint density at radius 3 is 2.89 bits per heavy atom. The number of hydrogen-bond acceptors (Lipinski definition) is 4. The van der Waals surface area contributed by atoms with Gasteiger partial charge in [0.2, 0.25) is 5.95 Å². The van der Waals surface area contributed by atoms with Crippen molar-refractivity contribution in [2.45, 2.75) is 6.42 Å². The van der Waals surface area contributed by atoms with E-state index in [1.807, 2.05) is 0 Å². The van der Waals surface area contributed by atoms with Gasteiger partial charge in [-0.25, -0.2) is 9.37 Å². The van der Waals surface area contributed by atoms with Crippen LogP contribution in [0.1, 0.15) is 16.8 Å². The van der Waals surface area contributed by atoms with Crippen molar-refractivity contribution in [3.63, 3.8) is 0 Å². The van der Waals surface area contributed by atoms with Crippen LogP contribution in [-0.2, 0) is 9.47 Å². The summed E-state index contributed by atoms with van der Waals surface area (Å²) in [7, 11) is 1.58. The van der Waals surface area contributed by atoms with Crippen LogP contribution in [0.25, 0.3) is 0 Å². The van der Waals surface area contributed by atoms with E-state index in [4.69, 9.17) is 9.47 Å². The number of hydrogen-bond donors (Lipinski definition) is 1. The highest BCUT2D eigenvalue weighted by Crippen LogP contribution is 2.08. The van der Waals surface area contributed by atoms with Crippen LogP contribution in [0.15, 0.2) is 12.3 Å². The second kappa shape index (κ2) is 8.49. The number of rotatable bonds is 8. The Morgan fingerprint density at radius 1 is 1.37 bits per heavy atom. The maximum Gasteiger partial charge on any atom is 0.254 e. The number of pyridine rings is 1. The van der Waals surface area contributed by atoms with Crippen molar-refractivity contribution in [1.29, 1.82) is 0 Å². The van der Waals surface area contributed by atoms with Gasteiger partial charge in [-0.15, -0.1) is 0 Å². The molecule has 0 unspecified atom stereocenters. The highest BCUT2D eigenvalue weighted by molar-refractivity contribution is 5.94. The third kappa shape index (κ3) is 5.27. The molecule has 1 rings (SSSR count). The maximum absolute atomic E-state index is 13.2. The maximum atomic E-state index is 13.2. The van der Waals surface area contributed by atoms with Gasteiger partial charge in [0.25, 0.3) is 5.91 Å². The Hall–Kier alpha value is -1.60. The van der Waals surface area contributed by atoms with Gasteiger partial charge in [0, 0.05) is 26.5 Å². The standard InChI is InChI=1S/C12H16F2N2O3/c1-18-7-8-19-6-2-4-16-12(17)9-3-5-15-11(14)10(9)13/h3,5H,2,4,6-8H2,1H3,(H,16,17). The number of methoxy groups -OCH3 is 1. The van der Waals surface area contributed by atoms with Gasteiger partial charge in [-0.3, -0.25) is 4.79 Å². The molecule has 0 saturated carbocycles. The van der Waals surface area contributed by atoms with Gasteiger partial charge in [-0.2, -0.15) is 4.39 Å². The van der Waals surface area contributed by atoms with E-state index in [1.54, 1.807) is 7.11 Å². The predicted molar refractivity (Wildman–Crippen MR) is 63.8 cm³/mol. The Morgan fingerprint density at radius 2 is 2.16 bits per heavy atom. The molecule has 0 aliphatic rings. The topological polar surface area (TPSA) is 60.5 Å². The van der Waals surface area contributed by atoms with Crippen molar-refractivity contribution in [2.75, 3.05) is 33.5 Å². The Balaban J connectivity index is 2.26. The molecule has 0 spiro atoms. The molecule has 1 aromatic heterocycles. The lowest BCUT2D eigenvalue weighted by Crippen LogP contribution is -2.26. The molecule has 19 heavy (non-hydrogen) atoms. The molecule has 1 heterocycles. The highest BCUT2D eigenvalue weighted by atomic mass is 19.2. The minimum absolute atomic E-state index is 0.315. The lowest BCUT2D eigenvalue weighted by atomic mass is 10.2. The first-order valence-electron chi connectivity index (χ1n) is 5.81. The summed E-state index contributed by atoms with van der Waals surface area (Å²) in [4.78, 5) is 14.7. The zero-order valence-corrected chi connectivity index (χ0v) is 10.6. The minimum atomic E-state index is -1.28. The van der Waals surface area contributed by atoms with E-state index in [1.165, 1.54) is 0 Å². The minimum Gasteiger partial charge on any atom is -0.382 e. The average Bonchev–Trinajstić information content (AvgIpc) is 2.40. The number of carbonyl (C=O) groups is 1.